The highest BCUT2D eigenvalue weighted by molar-refractivity contribution is 7.25. The van der Waals surface area contributed by atoms with Crippen molar-refractivity contribution in [2.45, 2.75) is 0 Å². The zero-order valence-corrected chi connectivity index (χ0v) is 28.7. The summed E-state index contributed by atoms with van der Waals surface area (Å²) >= 11 is 1.85. The Balaban J connectivity index is 1.02. The molecular weight excluding hydrogens is 653 g/mol. The summed E-state index contributed by atoms with van der Waals surface area (Å²) in [4.78, 5) is 2.35. The molecular formula is C48H28N2OS. The van der Waals surface area contributed by atoms with E-state index in [2.05, 4.69) is 167 Å². The van der Waals surface area contributed by atoms with Crippen LogP contribution in [0.2, 0.25) is 0 Å². The van der Waals surface area contributed by atoms with Gasteiger partial charge in [0.05, 0.1) is 16.6 Å². The van der Waals surface area contributed by atoms with Gasteiger partial charge in [-0.15, -0.1) is 11.3 Å². The number of furan rings is 1. The van der Waals surface area contributed by atoms with Crippen LogP contribution in [0.25, 0.3) is 91.3 Å². The molecule has 0 spiro atoms. The van der Waals surface area contributed by atoms with Gasteiger partial charge < -0.3 is 13.7 Å². The zero-order chi connectivity index (χ0) is 33.9. The first-order valence-corrected chi connectivity index (χ1v) is 18.5. The van der Waals surface area contributed by atoms with Crippen LogP contribution in [0.1, 0.15) is 0 Å². The number of hydrogen-bond acceptors (Lipinski definition) is 3. The smallest absolute Gasteiger partial charge is 0.137 e. The second kappa shape index (κ2) is 10.5. The van der Waals surface area contributed by atoms with Crippen LogP contribution in [0.4, 0.5) is 17.1 Å². The molecule has 0 radical (unpaired) electrons. The SMILES string of the molecule is c1ccc2c(c1)oc1cc(N(c3ccc(-c4ccc5c6cccc7c8ccccc8n(c5c4)c76)cc3)c3ccc4sc5ccccc5c4c3)ccc12. The normalized spacial score (nSPS) is 12.2. The monoisotopic (exact) mass is 680 g/mol. The third-order valence-corrected chi connectivity index (χ3v) is 12.1. The fourth-order valence-corrected chi connectivity index (χ4v) is 9.65. The molecule has 0 N–H and O–H groups in total. The summed E-state index contributed by atoms with van der Waals surface area (Å²) in [5.41, 5.74) is 11.2. The Hall–Kier alpha value is -6.62. The first kappa shape index (κ1) is 28.1. The Bertz CT molecular complexity index is 3360. The summed E-state index contributed by atoms with van der Waals surface area (Å²) in [7, 11) is 0. The van der Waals surface area contributed by atoms with E-state index < -0.39 is 0 Å². The highest BCUT2D eigenvalue weighted by Gasteiger charge is 2.19. The summed E-state index contributed by atoms with van der Waals surface area (Å²) in [6, 6.07) is 61.8. The van der Waals surface area contributed by atoms with Gasteiger partial charge in [-0.05, 0) is 77.9 Å². The molecule has 3 nitrogen and oxygen atoms in total. The average Bonchev–Trinajstić information content (AvgIpc) is 3.95. The molecule has 8 aromatic carbocycles. The fraction of sp³-hybridized carbons (Fsp3) is 0. The van der Waals surface area contributed by atoms with Gasteiger partial charge in [0.15, 0.2) is 0 Å². The summed E-state index contributed by atoms with van der Waals surface area (Å²) < 4.78 is 11.4. The van der Waals surface area contributed by atoms with Gasteiger partial charge in [0.1, 0.15) is 11.2 Å². The van der Waals surface area contributed by atoms with Crippen molar-refractivity contribution in [3.63, 3.8) is 0 Å². The van der Waals surface area contributed by atoms with E-state index in [1.54, 1.807) is 0 Å². The maximum atomic E-state index is 6.38. The molecule has 4 heteroatoms. The molecule has 12 aromatic rings. The van der Waals surface area contributed by atoms with Crippen molar-refractivity contribution in [3.05, 3.63) is 170 Å². The Labute approximate surface area is 302 Å². The van der Waals surface area contributed by atoms with Crippen molar-refractivity contribution in [3.8, 4) is 11.1 Å². The molecule has 52 heavy (non-hydrogen) atoms. The topological polar surface area (TPSA) is 20.8 Å². The summed E-state index contributed by atoms with van der Waals surface area (Å²) in [6.07, 6.45) is 0. The van der Waals surface area contributed by atoms with Crippen molar-refractivity contribution in [1.82, 2.24) is 4.40 Å². The lowest BCUT2D eigenvalue weighted by atomic mass is 10.0. The Morgan fingerprint density at radius 2 is 1.00 bits per heavy atom. The van der Waals surface area contributed by atoms with Crippen LogP contribution in [0, 0.1) is 0 Å². The molecule has 4 heterocycles. The third kappa shape index (κ3) is 3.90. The van der Waals surface area contributed by atoms with Crippen molar-refractivity contribution >= 4 is 109 Å². The minimum absolute atomic E-state index is 0.883. The molecule has 0 saturated heterocycles. The number of aromatic nitrogens is 1. The van der Waals surface area contributed by atoms with Crippen LogP contribution in [0.5, 0.6) is 0 Å². The van der Waals surface area contributed by atoms with Crippen LogP contribution < -0.4 is 4.90 Å². The predicted octanol–water partition coefficient (Wildman–Crippen LogP) is 14.2. The van der Waals surface area contributed by atoms with Gasteiger partial charge in [-0.25, -0.2) is 0 Å². The van der Waals surface area contributed by atoms with Gasteiger partial charge in [0.25, 0.3) is 0 Å². The van der Waals surface area contributed by atoms with Gasteiger partial charge in [-0.1, -0.05) is 97.1 Å². The lowest BCUT2D eigenvalue weighted by Crippen LogP contribution is -2.09. The maximum absolute atomic E-state index is 6.38. The molecule has 0 bridgehead atoms. The molecule has 4 aromatic heterocycles. The first-order valence-electron chi connectivity index (χ1n) is 17.7. The largest absolute Gasteiger partial charge is 0.456 e. The Kier molecular flexibility index (Phi) is 5.65. The highest BCUT2D eigenvalue weighted by Crippen LogP contribution is 2.44. The van der Waals surface area contributed by atoms with E-state index >= 15 is 0 Å². The van der Waals surface area contributed by atoms with E-state index in [0.29, 0.717) is 0 Å². The molecule has 0 aliphatic heterocycles. The lowest BCUT2D eigenvalue weighted by molar-refractivity contribution is 0.669. The molecule has 0 aliphatic carbocycles. The third-order valence-electron chi connectivity index (χ3n) is 10.9. The van der Waals surface area contributed by atoms with Gasteiger partial charge in [0.2, 0.25) is 0 Å². The van der Waals surface area contributed by atoms with Crippen LogP contribution in [-0.2, 0) is 0 Å². The standard InChI is InChI=1S/C48H28N2OS/c1-4-13-42-34(8-1)39-11-7-12-40-35-23-18-30(26-43(35)50(42)48(39)40)29-16-19-31(20-17-29)49(32-22-25-47-41(27-32)38-10-3-6-15-46(38)52-47)33-21-24-37-36-9-2-5-14-44(36)51-45(37)28-33/h1-28H. The summed E-state index contributed by atoms with van der Waals surface area (Å²) in [5, 5.41) is 10.0. The average molecular weight is 681 g/mol. The molecule has 0 atom stereocenters. The molecule has 0 amide bonds. The molecule has 0 unspecified atom stereocenters. The first-order chi connectivity index (χ1) is 25.8. The van der Waals surface area contributed by atoms with E-state index in [1.807, 2.05) is 23.5 Å². The van der Waals surface area contributed by atoms with E-state index in [1.165, 1.54) is 69.4 Å². The fourth-order valence-electron chi connectivity index (χ4n) is 8.57. The number of thiophene rings is 1. The second-order valence-electron chi connectivity index (χ2n) is 13.7. The quantitative estimate of drug-likeness (QED) is 0.184. The molecule has 0 aliphatic rings. The predicted molar refractivity (Wildman–Crippen MR) is 221 cm³/mol. The zero-order valence-electron chi connectivity index (χ0n) is 27.9. The van der Waals surface area contributed by atoms with Crippen molar-refractivity contribution in [1.29, 1.82) is 0 Å². The molecule has 0 saturated carbocycles. The lowest BCUT2D eigenvalue weighted by Gasteiger charge is -2.26. The van der Waals surface area contributed by atoms with Gasteiger partial charge in [-0.2, -0.15) is 0 Å². The van der Waals surface area contributed by atoms with Crippen LogP contribution >= 0.6 is 11.3 Å². The number of nitrogens with zero attached hydrogens (tertiary/aromatic N) is 2. The number of fused-ring (bicyclic) bond motifs is 12. The van der Waals surface area contributed by atoms with Gasteiger partial charge in [0, 0.05) is 75.6 Å². The van der Waals surface area contributed by atoms with Crippen LogP contribution in [0.3, 0.4) is 0 Å². The van der Waals surface area contributed by atoms with Crippen molar-refractivity contribution in [2.75, 3.05) is 4.90 Å². The van der Waals surface area contributed by atoms with E-state index in [-0.39, 0.29) is 0 Å². The minimum Gasteiger partial charge on any atom is -0.456 e. The molecule has 12 rings (SSSR count). The van der Waals surface area contributed by atoms with Crippen LogP contribution in [-0.4, -0.2) is 4.40 Å². The van der Waals surface area contributed by atoms with Crippen molar-refractivity contribution < 1.29 is 4.42 Å². The van der Waals surface area contributed by atoms with Gasteiger partial charge in [-0.3, -0.25) is 0 Å². The maximum Gasteiger partial charge on any atom is 0.137 e. The Morgan fingerprint density at radius 1 is 0.385 bits per heavy atom. The number of hydrogen-bond donors (Lipinski definition) is 0. The van der Waals surface area contributed by atoms with E-state index in [9.17, 15) is 0 Å². The number of anilines is 3. The summed E-state index contributed by atoms with van der Waals surface area (Å²) in [5.74, 6) is 0. The van der Waals surface area contributed by atoms with Gasteiger partial charge >= 0.3 is 0 Å². The van der Waals surface area contributed by atoms with E-state index in [0.717, 1.165) is 39.0 Å². The minimum atomic E-state index is 0.883. The highest BCUT2D eigenvalue weighted by atomic mass is 32.1. The van der Waals surface area contributed by atoms with E-state index in [4.69, 9.17) is 4.42 Å². The number of benzene rings is 8. The molecule has 0 fully saturated rings. The Morgan fingerprint density at radius 3 is 1.88 bits per heavy atom. The number of rotatable bonds is 4. The number of para-hydroxylation sites is 3. The van der Waals surface area contributed by atoms with Crippen LogP contribution in [0.15, 0.2) is 174 Å². The summed E-state index contributed by atoms with van der Waals surface area (Å²) in [6.45, 7) is 0. The second-order valence-corrected chi connectivity index (χ2v) is 14.8. The van der Waals surface area contributed by atoms with Crippen molar-refractivity contribution in [2.24, 2.45) is 0 Å². The molecule has 242 valence electrons.